The van der Waals surface area contributed by atoms with E-state index in [1.165, 1.54) is 21.7 Å². The molecular formula is C23H27N4O3+. The first-order chi connectivity index (χ1) is 14.4. The maximum Gasteiger partial charge on any atom is 0.331 e. The van der Waals surface area contributed by atoms with Crippen molar-refractivity contribution in [3.05, 3.63) is 104 Å². The summed E-state index contributed by atoms with van der Waals surface area (Å²) >= 11 is 0. The first kappa shape index (κ1) is 21.3. The number of amides is 1. The molecule has 3 rings (SSSR count). The lowest BCUT2D eigenvalue weighted by Gasteiger charge is -2.13. The first-order valence-electron chi connectivity index (χ1n) is 9.91. The van der Waals surface area contributed by atoms with Gasteiger partial charge in [-0.15, -0.1) is 0 Å². The smallest absolute Gasteiger partial charge is 0.331 e. The van der Waals surface area contributed by atoms with Gasteiger partial charge < -0.3 is 10.2 Å². The van der Waals surface area contributed by atoms with E-state index in [9.17, 15) is 14.4 Å². The molecule has 0 atom stereocenters. The number of hydrogen-bond acceptors (Lipinski definition) is 3. The maximum absolute atomic E-state index is 12.7. The van der Waals surface area contributed by atoms with E-state index in [0.717, 1.165) is 27.8 Å². The first-order valence-corrected chi connectivity index (χ1v) is 9.91. The van der Waals surface area contributed by atoms with Crippen LogP contribution in [0.2, 0.25) is 0 Å². The molecule has 0 radical (unpaired) electrons. The fraction of sp³-hybridized carbons (Fsp3) is 0.261. The number of hydrogen-bond donors (Lipinski definition) is 2. The fourth-order valence-corrected chi connectivity index (χ4v) is 3.28. The second-order valence-corrected chi connectivity index (χ2v) is 7.57. The lowest BCUT2D eigenvalue weighted by molar-refractivity contribution is -0.872. The van der Waals surface area contributed by atoms with Gasteiger partial charge in [0.1, 0.15) is 13.1 Å². The molecular weight excluding hydrogens is 380 g/mol. The van der Waals surface area contributed by atoms with Gasteiger partial charge in [-0.3, -0.25) is 18.7 Å². The van der Waals surface area contributed by atoms with Crippen molar-refractivity contribution >= 4 is 5.91 Å². The Hall–Kier alpha value is -3.45. The molecule has 1 heterocycles. The summed E-state index contributed by atoms with van der Waals surface area (Å²) in [4.78, 5) is 38.7. The fourth-order valence-electron chi connectivity index (χ4n) is 3.28. The second kappa shape index (κ2) is 9.84. The molecule has 156 valence electrons. The Kier molecular flexibility index (Phi) is 6.98. The highest BCUT2D eigenvalue weighted by atomic mass is 16.2. The van der Waals surface area contributed by atoms with Crippen molar-refractivity contribution < 1.29 is 9.69 Å². The van der Waals surface area contributed by atoms with Gasteiger partial charge in [-0.2, -0.15) is 0 Å². The standard InChI is InChI=1S/C23H26N4O3/c1-25(2)16-20-11-7-6-10-19(20)14-24-21(28)17-27-22(29)12-13-26(23(27)30)15-18-8-4-3-5-9-18/h3-13H,14-17H2,1-2H3,(H,24,28)/p+1. The third kappa shape index (κ3) is 5.55. The van der Waals surface area contributed by atoms with Gasteiger partial charge in [-0.1, -0.05) is 54.6 Å². The minimum absolute atomic E-state index is 0.311. The average Bonchev–Trinajstić information content (AvgIpc) is 2.73. The zero-order valence-electron chi connectivity index (χ0n) is 17.3. The Morgan fingerprint density at radius 1 is 0.933 bits per heavy atom. The van der Waals surface area contributed by atoms with Gasteiger partial charge in [-0.05, 0) is 11.1 Å². The van der Waals surface area contributed by atoms with E-state index in [2.05, 4.69) is 19.4 Å². The highest BCUT2D eigenvalue weighted by molar-refractivity contribution is 5.75. The molecule has 0 saturated carbocycles. The highest BCUT2D eigenvalue weighted by Gasteiger charge is 2.12. The van der Waals surface area contributed by atoms with Crippen molar-refractivity contribution in [2.24, 2.45) is 0 Å². The molecule has 7 nitrogen and oxygen atoms in total. The predicted octanol–water partition coefficient (Wildman–Crippen LogP) is 0.0192. The lowest BCUT2D eigenvalue weighted by Crippen LogP contribution is -3.04. The minimum atomic E-state index is -0.502. The Morgan fingerprint density at radius 2 is 1.60 bits per heavy atom. The SMILES string of the molecule is C[NH+](C)Cc1ccccc1CNC(=O)Cn1c(=O)ccn(Cc2ccccc2)c1=O. The molecule has 0 aliphatic heterocycles. The number of carbonyl (C=O) groups is 1. The number of quaternary nitrogens is 1. The van der Waals surface area contributed by atoms with E-state index in [4.69, 9.17) is 0 Å². The van der Waals surface area contributed by atoms with Crippen molar-refractivity contribution in [3.8, 4) is 0 Å². The topological polar surface area (TPSA) is 77.5 Å². The quantitative estimate of drug-likeness (QED) is 0.553. The van der Waals surface area contributed by atoms with Gasteiger partial charge in [0.25, 0.3) is 5.56 Å². The molecule has 1 amide bonds. The second-order valence-electron chi connectivity index (χ2n) is 7.57. The van der Waals surface area contributed by atoms with Crippen LogP contribution in [-0.4, -0.2) is 29.1 Å². The number of rotatable bonds is 8. The van der Waals surface area contributed by atoms with Crippen LogP contribution in [0.1, 0.15) is 16.7 Å². The number of aromatic nitrogens is 2. The van der Waals surface area contributed by atoms with Gasteiger partial charge >= 0.3 is 5.69 Å². The molecule has 0 fully saturated rings. The van der Waals surface area contributed by atoms with Crippen LogP contribution >= 0.6 is 0 Å². The minimum Gasteiger partial charge on any atom is -0.350 e. The van der Waals surface area contributed by atoms with Gasteiger partial charge in [0.05, 0.1) is 20.6 Å². The zero-order chi connectivity index (χ0) is 21.5. The molecule has 2 N–H and O–H groups in total. The summed E-state index contributed by atoms with van der Waals surface area (Å²) in [6, 6.07) is 18.7. The number of nitrogens with zero attached hydrogens (tertiary/aromatic N) is 2. The third-order valence-corrected chi connectivity index (χ3v) is 4.78. The van der Waals surface area contributed by atoms with Crippen molar-refractivity contribution in [3.63, 3.8) is 0 Å². The highest BCUT2D eigenvalue weighted by Crippen LogP contribution is 2.07. The Morgan fingerprint density at radius 3 is 2.30 bits per heavy atom. The van der Waals surface area contributed by atoms with Crippen LogP contribution in [0.5, 0.6) is 0 Å². The van der Waals surface area contributed by atoms with Crippen LogP contribution in [0.25, 0.3) is 0 Å². The van der Waals surface area contributed by atoms with Crippen LogP contribution in [0.4, 0.5) is 0 Å². The molecule has 2 aromatic carbocycles. The Labute approximate surface area is 175 Å². The summed E-state index contributed by atoms with van der Waals surface area (Å²) in [5.74, 6) is -0.376. The predicted molar refractivity (Wildman–Crippen MR) is 115 cm³/mol. The summed E-state index contributed by atoms with van der Waals surface area (Å²) in [7, 11) is 4.13. The number of nitrogens with one attached hydrogen (secondary N) is 2. The lowest BCUT2D eigenvalue weighted by atomic mass is 10.1. The van der Waals surface area contributed by atoms with Gasteiger partial charge in [0, 0.05) is 24.4 Å². The summed E-state index contributed by atoms with van der Waals surface area (Å²) in [6.45, 7) is 1.21. The van der Waals surface area contributed by atoms with Gasteiger partial charge in [0.15, 0.2) is 0 Å². The van der Waals surface area contributed by atoms with E-state index in [-0.39, 0.29) is 12.5 Å². The van der Waals surface area contributed by atoms with Crippen molar-refractivity contribution in [1.82, 2.24) is 14.5 Å². The van der Waals surface area contributed by atoms with E-state index >= 15 is 0 Å². The maximum atomic E-state index is 12.7. The van der Waals surface area contributed by atoms with Crippen LogP contribution in [-0.2, 0) is 31.0 Å². The summed E-state index contributed by atoms with van der Waals surface area (Å²) in [5, 5.41) is 2.83. The van der Waals surface area contributed by atoms with Crippen molar-refractivity contribution in [1.29, 1.82) is 0 Å². The van der Waals surface area contributed by atoms with Crippen molar-refractivity contribution in [2.75, 3.05) is 14.1 Å². The van der Waals surface area contributed by atoms with E-state index < -0.39 is 11.2 Å². The van der Waals surface area contributed by atoms with Crippen LogP contribution < -0.4 is 21.5 Å². The van der Waals surface area contributed by atoms with Crippen LogP contribution in [0.15, 0.2) is 76.4 Å². The summed E-state index contributed by atoms with van der Waals surface area (Å²) in [5.41, 5.74) is 2.12. The molecule has 7 heteroatoms. The van der Waals surface area contributed by atoms with Crippen LogP contribution in [0.3, 0.4) is 0 Å². The third-order valence-electron chi connectivity index (χ3n) is 4.78. The summed E-state index contributed by atoms with van der Waals surface area (Å²) < 4.78 is 2.40. The Balaban J connectivity index is 1.71. The molecule has 1 aromatic heterocycles. The molecule has 0 unspecified atom stereocenters. The molecule has 0 spiro atoms. The normalized spacial score (nSPS) is 10.9. The number of benzene rings is 2. The molecule has 0 saturated heterocycles. The Bertz CT molecular complexity index is 1120. The zero-order valence-corrected chi connectivity index (χ0v) is 17.3. The summed E-state index contributed by atoms with van der Waals surface area (Å²) in [6.07, 6.45) is 1.46. The molecule has 0 aliphatic rings. The molecule has 0 bridgehead atoms. The van der Waals surface area contributed by atoms with E-state index in [1.807, 2.05) is 54.6 Å². The van der Waals surface area contributed by atoms with Gasteiger partial charge in [0.2, 0.25) is 5.91 Å². The number of carbonyl (C=O) groups excluding carboxylic acids is 1. The largest absolute Gasteiger partial charge is 0.350 e. The monoisotopic (exact) mass is 407 g/mol. The van der Waals surface area contributed by atoms with Gasteiger partial charge in [-0.25, -0.2) is 4.79 Å². The van der Waals surface area contributed by atoms with E-state index in [0.29, 0.717) is 13.1 Å². The molecule has 30 heavy (non-hydrogen) atoms. The van der Waals surface area contributed by atoms with Crippen molar-refractivity contribution in [2.45, 2.75) is 26.2 Å². The molecule has 0 aliphatic carbocycles. The van der Waals surface area contributed by atoms with E-state index in [1.54, 1.807) is 0 Å². The molecule has 3 aromatic rings. The van der Waals surface area contributed by atoms with Crippen LogP contribution in [0, 0.1) is 0 Å². The average molecular weight is 407 g/mol.